The first kappa shape index (κ1) is 11.0. The van der Waals surface area contributed by atoms with Crippen LogP contribution < -0.4 is 10.6 Å². The highest BCUT2D eigenvalue weighted by molar-refractivity contribution is 7.07. The Morgan fingerprint density at radius 2 is 2.29 bits per heavy atom. The third-order valence-corrected chi connectivity index (χ3v) is 2.04. The zero-order valence-electron chi connectivity index (χ0n) is 8.63. The van der Waals surface area contributed by atoms with Crippen molar-refractivity contribution in [3.63, 3.8) is 0 Å². The molecule has 2 N–H and O–H groups in total. The van der Waals surface area contributed by atoms with Gasteiger partial charge in [-0.2, -0.15) is 0 Å². The number of hydrogen-bond donors (Lipinski definition) is 2. The van der Waals surface area contributed by atoms with Gasteiger partial charge in [0.15, 0.2) is 0 Å². The lowest BCUT2D eigenvalue weighted by atomic mass is 10.1. The summed E-state index contributed by atoms with van der Waals surface area (Å²) in [6.07, 6.45) is 0. The molecular formula is C9H15N3OS. The summed E-state index contributed by atoms with van der Waals surface area (Å²) in [6.45, 7) is 6.30. The van der Waals surface area contributed by atoms with Gasteiger partial charge in [0, 0.05) is 10.9 Å². The van der Waals surface area contributed by atoms with E-state index in [1.54, 1.807) is 5.51 Å². The maximum absolute atomic E-state index is 11.3. The highest BCUT2D eigenvalue weighted by atomic mass is 32.1. The van der Waals surface area contributed by atoms with Crippen molar-refractivity contribution in [2.24, 2.45) is 0 Å². The van der Waals surface area contributed by atoms with Crippen molar-refractivity contribution in [3.8, 4) is 0 Å². The van der Waals surface area contributed by atoms with E-state index in [1.165, 1.54) is 11.3 Å². The molecule has 0 spiro atoms. The molecule has 78 valence electrons. The number of aromatic nitrogens is 1. The Kier molecular flexibility index (Phi) is 3.46. The molecule has 0 atom stereocenters. The van der Waals surface area contributed by atoms with Gasteiger partial charge in [-0.3, -0.25) is 0 Å². The van der Waals surface area contributed by atoms with Crippen LogP contribution >= 0.6 is 11.3 Å². The predicted molar refractivity (Wildman–Crippen MR) is 57.2 cm³/mol. The van der Waals surface area contributed by atoms with Gasteiger partial charge < -0.3 is 10.6 Å². The van der Waals surface area contributed by atoms with Crippen LogP contribution in [-0.2, 0) is 6.54 Å². The molecule has 0 unspecified atom stereocenters. The second-order valence-corrected chi connectivity index (χ2v) is 4.76. The molecule has 4 nitrogen and oxygen atoms in total. The molecule has 1 aromatic rings. The fourth-order valence-electron chi connectivity index (χ4n) is 0.880. The topological polar surface area (TPSA) is 54.0 Å². The second kappa shape index (κ2) is 4.41. The summed E-state index contributed by atoms with van der Waals surface area (Å²) in [4.78, 5) is 15.4. The van der Waals surface area contributed by atoms with Crippen LogP contribution in [0.2, 0.25) is 0 Å². The van der Waals surface area contributed by atoms with Crippen LogP contribution in [0.5, 0.6) is 0 Å². The minimum absolute atomic E-state index is 0.162. The summed E-state index contributed by atoms with van der Waals surface area (Å²) in [6, 6.07) is -0.162. The largest absolute Gasteiger partial charge is 0.334 e. The Morgan fingerprint density at radius 1 is 1.57 bits per heavy atom. The number of urea groups is 1. The van der Waals surface area contributed by atoms with Crippen LogP contribution in [0.1, 0.15) is 26.5 Å². The molecule has 0 bridgehead atoms. The molecule has 0 radical (unpaired) electrons. The van der Waals surface area contributed by atoms with Crippen molar-refractivity contribution in [2.45, 2.75) is 32.9 Å². The van der Waals surface area contributed by atoms with Crippen LogP contribution in [-0.4, -0.2) is 16.6 Å². The van der Waals surface area contributed by atoms with Gasteiger partial charge in [-0.1, -0.05) is 0 Å². The highest BCUT2D eigenvalue weighted by Crippen LogP contribution is 2.00. The van der Waals surface area contributed by atoms with E-state index in [9.17, 15) is 4.79 Å². The number of hydrogen-bond acceptors (Lipinski definition) is 3. The lowest BCUT2D eigenvalue weighted by Crippen LogP contribution is -2.46. The zero-order valence-corrected chi connectivity index (χ0v) is 9.44. The van der Waals surface area contributed by atoms with Crippen molar-refractivity contribution >= 4 is 17.4 Å². The summed E-state index contributed by atoms with van der Waals surface area (Å²) >= 11 is 1.52. The Hall–Kier alpha value is -1.10. The number of amides is 2. The van der Waals surface area contributed by atoms with E-state index in [1.807, 2.05) is 26.2 Å². The van der Waals surface area contributed by atoms with Gasteiger partial charge in [0.25, 0.3) is 0 Å². The fourth-order valence-corrected chi connectivity index (χ4v) is 1.44. The normalized spacial score (nSPS) is 11.1. The van der Waals surface area contributed by atoms with Crippen molar-refractivity contribution < 1.29 is 4.79 Å². The van der Waals surface area contributed by atoms with E-state index >= 15 is 0 Å². The molecule has 0 saturated carbocycles. The van der Waals surface area contributed by atoms with Crippen LogP contribution in [0, 0.1) is 0 Å². The molecule has 5 heteroatoms. The maximum atomic E-state index is 11.3. The van der Waals surface area contributed by atoms with Crippen LogP contribution in [0.4, 0.5) is 4.79 Å². The smallest absolute Gasteiger partial charge is 0.315 e. The van der Waals surface area contributed by atoms with Gasteiger partial charge in [-0.15, -0.1) is 11.3 Å². The molecule has 0 fully saturated rings. The molecule has 0 aliphatic carbocycles. The van der Waals surface area contributed by atoms with Gasteiger partial charge in [0.1, 0.15) is 0 Å². The average Bonchev–Trinajstić information content (AvgIpc) is 2.49. The number of thiazole rings is 1. The van der Waals surface area contributed by atoms with E-state index in [4.69, 9.17) is 0 Å². The summed E-state index contributed by atoms with van der Waals surface area (Å²) in [5, 5.41) is 7.46. The van der Waals surface area contributed by atoms with Gasteiger partial charge >= 0.3 is 6.03 Å². The lowest BCUT2D eigenvalue weighted by molar-refractivity contribution is 0.231. The van der Waals surface area contributed by atoms with Crippen molar-refractivity contribution in [2.75, 3.05) is 0 Å². The minimum atomic E-state index is -0.202. The van der Waals surface area contributed by atoms with Crippen molar-refractivity contribution in [1.82, 2.24) is 15.6 Å². The van der Waals surface area contributed by atoms with E-state index in [0.29, 0.717) is 6.54 Å². The third-order valence-electron chi connectivity index (χ3n) is 1.40. The van der Waals surface area contributed by atoms with Gasteiger partial charge in [-0.25, -0.2) is 9.78 Å². The number of carbonyl (C=O) groups is 1. The zero-order chi connectivity index (χ0) is 10.6. The van der Waals surface area contributed by atoms with E-state index in [2.05, 4.69) is 15.6 Å². The summed E-state index contributed by atoms with van der Waals surface area (Å²) in [5.74, 6) is 0. The molecule has 14 heavy (non-hydrogen) atoms. The second-order valence-electron chi connectivity index (χ2n) is 4.04. The van der Waals surface area contributed by atoms with Crippen molar-refractivity contribution in [1.29, 1.82) is 0 Å². The van der Waals surface area contributed by atoms with Crippen LogP contribution in [0.3, 0.4) is 0 Å². The lowest BCUT2D eigenvalue weighted by Gasteiger charge is -2.20. The number of carbonyl (C=O) groups excluding carboxylic acids is 1. The van der Waals surface area contributed by atoms with Crippen LogP contribution in [0.15, 0.2) is 10.9 Å². The number of rotatable bonds is 2. The molecule has 1 aromatic heterocycles. The summed E-state index contributed by atoms with van der Waals surface area (Å²) < 4.78 is 0. The molecule has 1 rings (SSSR count). The van der Waals surface area contributed by atoms with Crippen LogP contribution in [0.25, 0.3) is 0 Å². The first-order valence-corrected chi connectivity index (χ1v) is 5.35. The molecule has 0 saturated heterocycles. The van der Waals surface area contributed by atoms with Gasteiger partial charge in [0.2, 0.25) is 0 Å². The summed E-state index contributed by atoms with van der Waals surface area (Å²) in [5.41, 5.74) is 2.43. The van der Waals surface area contributed by atoms with Gasteiger partial charge in [-0.05, 0) is 20.8 Å². The number of nitrogens with one attached hydrogen (secondary N) is 2. The quantitative estimate of drug-likeness (QED) is 0.786. The van der Waals surface area contributed by atoms with E-state index in [-0.39, 0.29) is 11.6 Å². The van der Waals surface area contributed by atoms with E-state index < -0.39 is 0 Å². The Balaban J connectivity index is 2.29. The third kappa shape index (κ3) is 4.23. The van der Waals surface area contributed by atoms with Gasteiger partial charge in [0.05, 0.1) is 17.7 Å². The molecular weight excluding hydrogens is 198 g/mol. The maximum Gasteiger partial charge on any atom is 0.315 e. The molecule has 1 heterocycles. The Morgan fingerprint density at radius 3 is 2.79 bits per heavy atom. The SMILES string of the molecule is CC(C)(C)NC(=O)NCc1cscn1. The average molecular weight is 213 g/mol. The standard InChI is InChI=1S/C9H15N3OS/c1-9(2,3)12-8(13)10-4-7-5-14-6-11-7/h5-6H,4H2,1-3H3,(H2,10,12,13). The fraction of sp³-hybridized carbons (Fsp3) is 0.556. The Bertz CT molecular complexity index is 290. The molecule has 2 amide bonds. The molecule has 0 aliphatic heterocycles. The van der Waals surface area contributed by atoms with E-state index in [0.717, 1.165) is 5.69 Å². The minimum Gasteiger partial charge on any atom is -0.334 e. The molecule has 0 aliphatic rings. The Labute approximate surface area is 87.7 Å². The number of nitrogens with zero attached hydrogens (tertiary/aromatic N) is 1. The first-order valence-electron chi connectivity index (χ1n) is 4.40. The molecule has 0 aromatic carbocycles. The van der Waals surface area contributed by atoms with Crippen molar-refractivity contribution in [3.05, 3.63) is 16.6 Å². The first-order chi connectivity index (χ1) is 6.47. The summed E-state index contributed by atoms with van der Waals surface area (Å²) in [7, 11) is 0. The highest BCUT2D eigenvalue weighted by Gasteiger charge is 2.12. The monoisotopic (exact) mass is 213 g/mol. The predicted octanol–water partition coefficient (Wildman–Crippen LogP) is 1.74.